The maximum Gasteiger partial charge on any atom is 0.206 e. The van der Waals surface area contributed by atoms with E-state index in [1.165, 1.54) is 6.33 Å². The van der Waals surface area contributed by atoms with Crippen LogP contribution in [0.25, 0.3) is 11.2 Å². The molecule has 0 aliphatic heterocycles. The summed E-state index contributed by atoms with van der Waals surface area (Å²) >= 11 is 0. The van der Waals surface area contributed by atoms with Crippen LogP contribution in [0, 0.1) is 5.41 Å². The van der Waals surface area contributed by atoms with Crippen LogP contribution in [0.5, 0.6) is 0 Å². The van der Waals surface area contributed by atoms with Gasteiger partial charge in [-0.15, -0.1) is 0 Å². The molecule has 8 heteroatoms. The molecule has 8 nitrogen and oxygen atoms in total. The topological polar surface area (TPSA) is 111 Å². The van der Waals surface area contributed by atoms with Gasteiger partial charge in [0.25, 0.3) is 0 Å². The van der Waals surface area contributed by atoms with E-state index < -0.39 is 0 Å². The number of aromatic amines is 1. The van der Waals surface area contributed by atoms with E-state index >= 15 is 0 Å². The highest BCUT2D eigenvalue weighted by Gasteiger charge is 2.16. The van der Waals surface area contributed by atoms with Crippen LogP contribution in [0.1, 0.15) is 23.7 Å². The number of rotatable bonds is 7. The maximum absolute atomic E-state index is 12.4. The molecule has 3 N–H and O–H groups in total. The van der Waals surface area contributed by atoms with Gasteiger partial charge in [0, 0.05) is 23.7 Å². The molecule has 3 rings (SSSR count). The molecule has 0 aliphatic carbocycles. The van der Waals surface area contributed by atoms with Crippen molar-refractivity contribution in [2.45, 2.75) is 19.4 Å². The number of carbonyl (C=O) groups excluding carboxylic acids is 1. The lowest BCUT2D eigenvalue weighted by molar-refractivity contribution is 0.106. The molecule has 0 bridgehead atoms. The van der Waals surface area contributed by atoms with Crippen molar-refractivity contribution >= 4 is 34.2 Å². The lowest BCUT2D eigenvalue weighted by Gasteiger charge is -2.19. The Morgan fingerprint density at radius 1 is 1.23 bits per heavy atom. The normalized spacial score (nSPS) is 12.3. The van der Waals surface area contributed by atoms with Crippen LogP contribution in [0.15, 0.2) is 36.9 Å². The molecule has 0 fully saturated rings. The predicted octanol–water partition coefficient (Wildman–Crippen LogP) is 2.64. The van der Waals surface area contributed by atoms with Crippen molar-refractivity contribution in [2.24, 2.45) is 0 Å². The minimum atomic E-state index is -0.247. The third-order valence-corrected chi connectivity index (χ3v) is 4.29. The third kappa shape index (κ3) is 3.75. The SMILES string of the molecule is CC(CC(=N)C(=O)c1ccc(Nc2ncnc3nc[nH]c23)cc1)N(C)C. The molecule has 0 aliphatic rings. The third-order valence-electron chi connectivity index (χ3n) is 4.29. The van der Waals surface area contributed by atoms with Gasteiger partial charge in [-0.3, -0.25) is 4.79 Å². The van der Waals surface area contributed by atoms with Gasteiger partial charge in [-0.25, -0.2) is 15.0 Å². The van der Waals surface area contributed by atoms with Gasteiger partial charge in [-0.1, -0.05) is 0 Å². The number of Topliss-reactive ketones (excluding diaryl/α,β-unsaturated/α-hetero) is 1. The fourth-order valence-corrected chi connectivity index (χ4v) is 2.45. The molecule has 0 radical (unpaired) electrons. The molecule has 134 valence electrons. The molecule has 1 unspecified atom stereocenters. The van der Waals surface area contributed by atoms with E-state index in [1.807, 2.05) is 25.9 Å². The molecule has 0 saturated carbocycles. The number of benzene rings is 1. The van der Waals surface area contributed by atoms with Crippen LogP contribution in [0.3, 0.4) is 0 Å². The van der Waals surface area contributed by atoms with E-state index in [-0.39, 0.29) is 17.5 Å². The highest BCUT2D eigenvalue weighted by molar-refractivity contribution is 6.45. The number of hydrogen-bond donors (Lipinski definition) is 3. The first-order valence-corrected chi connectivity index (χ1v) is 8.25. The Kier molecular flexibility index (Phi) is 5.04. The molecular formula is C18H21N7O. The molecule has 3 aromatic rings. The van der Waals surface area contributed by atoms with Gasteiger partial charge in [0.05, 0.1) is 12.0 Å². The summed E-state index contributed by atoms with van der Waals surface area (Å²) in [6, 6.07) is 7.15. The summed E-state index contributed by atoms with van der Waals surface area (Å²) in [5, 5.41) is 11.2. The first-order chi connectivity index (χ1) is 12.5. The van der Waals surface area contributed by atoms with Crippen LogP contribution >= 0.6 is 0 Å². The van der Waals surface area contributed by atoms with Crippen molar-refractivity contribution in [3.63, 3.8) is 0 Å². The smallest absolute Gasteiger partial charge is 0.206 e. The van der Waals surface area contributed by atoms with Crippen molar-refractivity contribution in [1.29, 1.82) is 5.41 Å². The van der Waals surface area contributed by atoms with Gasteiger partial charge in [-0.2, -0.15) is 0 Å². The minimum absolute atomic E-state index is 0.113. The van der Waals surface area contributed by atoms with Crippen LogP contribution < -0.4 is 5.32 Å². The van der Waals surface area contributed by atoms with Crippen LogP contribution in [-0.2, 0) is 0 Å². The van der Waals surface area contributed by atoms with E-state index in [4.69, 9.17) is 5.41 Å². The highest BCUT2D eigenvalue weighted by atomic mass is 16.1. The van der Waals surface area contributed by atoms with E-state index in [9.17, 15) is 4.79 Å². The van der Waals surface area contributed by atoms with Crippen LogP contribution in [0.4, 0.5) is 11.5 Å². The molecular weight excluding hydrogens is 330 g/mol. The molecule has 0 spiro atoms. The summed E-state index contributed by atoms with van der Waals surface area (Å²) in [6.45, 7) is 1.99. The predicted molar refractivity (Wildman–Crippen MR) is 101 cm³/mol. The number of imidazole rings is 1. The summed E-state index contributed by atoms with van der Waals surface area (Å²) in [5.74, 6) is 0.363. The Balaban J connectivity index is 1.71. The van der Waals surface area contributed by atoms with Crippen molar-refractivity contribution < 1.29 is 4.79 Å². The minimum Gasteiger partial charge on any atom is -0.340 e. The van der Waals surface area contributed by atoms with Gasteiger partial charge in [0.2, 0.25) is 5.78 Å². The van der Waals surface area contributed by atoms with Gasteiger partial charge in [-0.05, 0) is 45.3 Å². The van der Waals surface area contributed by atoms with Gasteiger partial charge >= 0.3 is 0 Å². The number of nitrogens with one attached hydrogen (secondary N) is 3. The highest BCUT2D eigenvalue weighted by Crippen LogP contribution is 2.20. The fourth-order valence-electron chi connectivity index (χ4n) is 2.45. The zero-order chi connectivity index (χ0) is 18.7. The zero-order valence-corrected chi connectivity index (χ0v) is 14.9. The molecule has 1 atom stereocenters. The second-order valence-corrected chi connectivity index (χ2v) is 6.35. The van der Waals surface area contributed by atoms with Crippen molar-refractivity contribution in [2.75, 3.05) is 19.4 Å². The second kappa shape index (κ2) is 7.40. The van der Waals surface area contributed by atoms with Crippen molar-refractivity contribution in [3.05, 3.63) is 42.5 Å². The largest absolute Gasteiger partial charge is 0.340 e. The summed E-state index contributed by atoms with van der Waals surface area (Å²) in [4.78, 5) is 29.8. The van der Waals surface area contributed by atoms with Crippen molar-refractivity contribution in [3.8, 4) is 0 Å². The first kappa shape index (κ1) is 17.7. The number of hydrogen-bond acceptors (Lipinski definition) is 7. The average Bonchev–Trinajstić information content (AvgIpc) is 3.11. The monoisotopic (exact) mass is 351 g/mol. The molecule has 1 aromatic carbocycles. The number of anilines is 2. The average molecular weight is 351 g/mol. The summed E-state index contributed by atoms with van der Waals surface area (Å²) in [5.41, 5.74) is 2.69. The number of H-pyrrole nitrogens is 1. The van der Waals surface area contributed by atoms with E-state index in [0.717, 1.165) is 5.69 Å². The van der Waals surface area contributed by atoms with Gasteiger partial charge in [0.1, 0.15) is 11.8 Å². The van der Waals surface area contributed by atoms with E-state index in [2.05, 4.69) is 25.3 Å². The number of fused-ring (bicyclic) bond motifs is 1. The Labute approximate surface area is 151 Å². The lowest BCUT2D eigenvalue weighted by Crippen LogP contribution is -2.29. The Hall–Kier alpha value is -3.13. The molecule has 2 heterocycles. The van der Waals surface area contributed by atoms with Crippen LogP contribution in [-0.4, -0.2) is 56.5 Å². The summed E-state index contributed by atoms with van der Waals surface area (Å²) in [7, 11) is 3.87. The van der Waals surface area contributed by atoms with Gasteiger partial charge in [0.15, 0.2) is 11.5 Å². The fraction of sp³-hybridized carbons (Fsp3) is 0.278. The molecule has 2 aromatic heterocycles. The van der Waals surface area contributed by atoms with E-state index in [1.54, 1.807) is 30.6 Å². The summed E-state index contributed by atoms with van der Waals surface area (Å²) < 4.78 is 0. The number of nitrogens with zero attached hydrogens (tertiary/aromatic N) is 4. The van der Waals surface area contributed by atoms with E-state index in [0.29, 0.717) is 29.0 Å². The molecule has 0 amide bonds. The molecule has 0 saturated heterocycles. The Bertz CT molecular complexity index is 930. The molecule has 26 heavy (non-hydrogen) atoms. The lowest BCUT2D eigenvalue weighted by atomic mass is 10.0. The Morgan fingerprint density at radius 2 is 1.96 bits per heavy atom. The first-order valence-electron chi connectivity index (χ1n) is 8.25. The quantitative estimate of drug-likeness (QED) is 0.446. The van der Waals surface area contributed by atoms with Crippen molar-refractivity contribution in [1.82, 2.24) is 24.8 Å². The second-order valence-electron chi connectivity index (χ2n) is 6.35. The Morgan fingerprint density at radius 3 is 2.65 bits per heavy atom. The summed E-state index contributed by atoms with van der Waals surface area (Å²) in [6.07, 6.45) is 3.42. The number of ketones is 1. The van der Waals surface area contributed by atoms with Crippen LogP contribution in [0.2, 0.25) is 0 Å². The standard InChI is InChI=1S/C18H21N7O/c1-11(25(2)3)8-14(19)16(26)12-4-6-13(7-5-12)24-18-15-17(21-9-20-15)22-10-23-18/h4-7,9-11,19H,8H2,1-3H3,(H2,20,21,22,23,24). The zero-order valence-electron chi connectivity index (χ0n) is 14.9. The maximum atomic E-state index is 12.4. The van der Waals surface area contributed by atoms with Gasteiger partial charge < -0.3 is 20.6 Å². The number of carbonyl (C=O) groups is 1. The number of aromatic nitrogens is 4.